The normalized spacial score (nSPS) is 11.7. The van der Waals surface area contributed by atoms with Gasteiger partial charge in [0.05, 0.1) is 34.7 Å². The van der Waals surface area contributed by atoms with E-state index in [9.17, 15) is 8.42 Å². The first-order valence-corrected chi connectivity index (χ1v) is 11.4. The van der Waals surface area contributed by atoms with Gasteiger partial charge in [0.1, 0.15) is 9.90 Å². The minimum Gasteiger partial charge on any atom is -0.239 e. The number of nitrogens with one attached hydrogen (secondary N) is 1. The third-order valence-electron chi connectivity index (χ3n) is 3.98. The highest BCUT2D eigenvalue weighted by molar-refractivity contribution is 7.89. The van der Waals surface area contributed by atoms with Crippen LogP contribution in [0.4, 0.5) is 0 Å². The van der Waals surface area contributed by atoms with Gasteiger partial charge >= 0.3 is 0 Å². The lowest BCUT2D eigenvalue weighted by Gasteiger charge is -2.07. The number of rotatable bonds is 6. The van der Waals surface area contributed by atoms with E-state index in [2.05, 4.69) is 14.8 Å². The molecule has 0 unspecified atom stereocenters. The zero-order chi connectivity index (χ0) is 18.9. The minimum atomic E-state index is -3.69. The summed E-state index contributed by atoms with van der Waals surface area (Å²) >= 11 is 3.12. The number of thiazole rings is 1. The summed E-state index contributed by atoms with van der Waals surface area (Å²) in [6.07, 6.45) is 1.38. The second kappa shape index (κ2) is 7.35. The number of hydrogen-bond donors (Lipinski definition) is 1. The molecule has 0 atom stereocenters. The highest BCUT2D eigenvalue weighted by Crippen LogP contribution is 2.28. The van der Waals surface area contributed by atoms with Crippen LogP contribution in [0.1, 0.15) is 11.4 Å². The second-order valence-electron chi connectivity index (χ2n) is 5.79. The Bertz CT molecular complexity index is 1150. The predicted molar refractivity (Wildman–Crippen MR) is 108 cm³/mol. The summed E-state index contributed by atoms with van der Waals surface area (Å²) in [6.45, 7) is 1.88. The largest absolute Gasteiger partial charge is 0.244 e. The predicted octanol–water partition coefficient (Wildman–Crippen LogP) is 3.84. The van der Waals surface area contributed by atoms with Gasteiger partial charge in [-0.05, 0) is 30.5 Å². The standard InChI is InChI=1S/C18H16N4O2S3/c1-13-17(11-19-22(13)15-6-3-2-4-7-15)27(23,24)20-10-14-12-26-18(21-14)16-8-5-9-25-16/h2-9,11-12,20H,10H2,1H3. The van der Waals surface area contributed by atoms with Gasteiger partial charge in [0.25, 0.3) is 0 Å². The van der Waals surface area contributed by atoms with Crippen molar-refractivity contribution in [3.8, 4) is 15.6 Å². The van der Waals surface area contributed by atoms with Crippen LogP contribution in [0.15, 0.2) is 64.3 Å². The number of hydrogen-bond acceptors (Lipinski definition) is 6. The zero-order valence-electron chi connectivity index (χ0n) is 14.4. The molecule has 1 N–H and O–H groups in total. The van der Waals surface area contributed by atoms with Crippen molar-refractivity contribution in [2.24, 2.45) is 0 Å². The highest BCUT2D eigenvalue weighted by atomic mass is 32.2. The van der Waals surface area contributed by atoms with Gasteiger partial charge in [-0.3, -0.25) is 0 Å². The molecule has 3 heterocycles. The van der Waals surface area contributed by atoms with Crippen LogP contribution in [-0.2, 0) is 16.6 Å². The Morgan fingerprint density at radius 3 is 2.67 bits per heavy atom. The average Bonchev–Trinajstić information content (AvgIpc) is 3.41. The van der Waals surface area contributed by atoms with Crippen LogP contribution in [0.2, 0.25) is 0 Å². The van der Waals surface area contributed by atoms with E-state index in [4.69, 9.17) is 0 Å². The Balaban J connectivity index is 1.52. The molecule has 27 heavy (non-hydrogen) atoms. The van der Waals surface area contributed by atoms with Crippen molar-refractivity contribution in [1.29, 1.82) is 0 Å². The van der Waals surface area contributed by atoms with Crippen LogP contribution in [0.25, 0.3) is 15.6 Å². The van der Waals surface area contributed by atoms with Crippen molar-refractivity contribution in [1.82, 2.24) is 19.5 Å². The zero-order valence-corrected chi connectivity index (χ0v) is 16.8. The summed E-state index contributed by atoms with van der Waals surface area (Å²) < 4.78 is 29.7. The molecule has 4 rings (SSSR count). The third-order valence-corrected chi connectivity index (χ3v) is 7.42. The van der Waals surface area contributed by atoms with E-state index in [0.29, 0.717) is 11.4 Å². The smallest absolute Gasteiger partial charge is 0.239 e. The Hall–Kier alpha value is -2.33. The lowest BCUT2D eigenvalue weighted by atomic mass is 10.3. The van der Waals surface area contributed by atoms with Gasteiger partial charge in [-0.2, -0.15) is 5.10 Å². The van der Waals surface area contributed by atoms with Crippen LogP contribution in [-0.4, -0.2) is 23.2 Å². The molecule has 1 aromatic carbocycles. The first-order valence-electron chi connectivity index (χ1n) is 8.12. The maximum Gasteiger partial charge on any atom is 0.244 e. The summed E-state index contributed by atoms with van der Waals surface area (Å²) in [5.74, 6) is 0. The molecule has 0 saturated carbocycles. The minimum absolute atomic E-state index is 0.139. The van der Waals surface area contributed by atoms with Crippen LogP contribution in [0.3, 0.4) is 0 Å². The van der Waals surface area contributed by atoms with E-state index in [1.54, 1.807) is 22.9 Å². The fourth-order valence-electron chi connectivity index (χ4n) is 2.64. The van der Waals surface area contributed by atoms with Crippen LogP contribution in [0.5, 0.6) is 0 Å². The van der Waals surface area contributed by atoms with E-state index in [1.165, 1.54) is 17.5 Å². The van der Waals surface area contributed by atoms with Crippen LogP contribution < -0.4 is 4.72 Å². The number of nitrogens with zero attached hydrogens (tertiary/aromatic N) is 3. The number of sulfonamides is 1. The van der Waals surface area contributed by atoms with E-state index >= 15 is 0 Å². The molecule has 138 valence electrons. The van der Waals surface area contributed by atoms with Crippen molar-refractivity contribution in [2.45, 2.75) is 18.4 Å². The van der Waals surface area contributed by atoms with Gasteiger partial charge in [0.2, 0.25) is 10.0 Å². The van der Waals surface area contributed by atoms with Crippen LogP contribution >= 0.6 is 22.7 Å². The molecule has 0 aliphatic carbocycles. The Kier molecular flexibility index (Phi) is 4.92. The maximum absolute atomic E-state index is 12.7. The first-order chi connectivity index (χ1) is 13.0. The molecule has 9 heteroatoms. The van der Waals surface area contributed by atoms with E-state index in [1.807, 2.05) is 53.2 Å². The van der Waals surface area contributed by atoms with E-state index in [-0.39, 0.29) is 11.4 Å². The Morgan fingerprint density at radius 1 is 1.11 bits per heavy atom. The highest BCUT2D eigenvalue weighted by Gasteiger charge is 2.21. The molecule has 0 aliphatic heterocycles. The maximum atomic E-state index is 12.7. The molecule has 4 aromatic rings. The van der Waals surface area contributed by atoms with Crippen molar-refractivity contribution in [2.75, 3.05) is 0 Å². The van der Waals surface area contributed by atoms with Gasteiger partial charge in [-0.15, -0.1) is 22.7 Å². The van der Waals surface area contributed by atoms with E-state index in [0.717, 1.165) is 15.6 Å². The molecular weight excluding hydrogens is 400 g/mol. The van der Waals surface area contributed by atoms with Gasteiger partial charge in [-0.1, -0.05) is 24.3 Å². The van der Waals surface area contributed by atoms with Crippen molar-refractivity contribution < 1.29 is 8.42 Å². The van der Waals surface area contributed by atoms with Crippen molar-refractivity contribution >= 4 is 32.7 Å². The molecule has 3 aromatic heterocycles. The summed E-state index contributed by atoms with van der Waals surface area (Å²) in [4.78, 5) is 5.75. The molecule has 0 fully saturated rings. The van der Waals surface area contributed by atoms with Crippen molar-refractivity contribution in [3.05, 3.63) is 70.8 Å². The molecule has 6 nitrogen and oxygen atoms in total. The average molecular weight is 417 g/mol. The fourth-order valence-corrected chi connectivity index (χ4v) is 5.42. The molecule has 0 aliphatic rings. The summed E-state index contributed by atoms with van der Waals surface area (Å²) in [6, 6.07) is 13.4. The van der Waals surface area contributed by atoms with Crippen molar-refractivity contribution in [3.63, 3.8) is 0 Å². The lowest BCUT2D eigenvalue weighted by molar-refractivity contribution is 0.580. The molecule has 0 radical (unpaired) electrons. The van der Waals surface area contributed by atoms with Gasteiger partial charge < -0.3 is 0 Å². The van der Waals surface area contributed by atoms with Gasteiger partial charge in [-0.25, -0.2) is 22.8 Å². The molecule has 0 amide bonds. The fraction of sp³-hybridized carbons (Fsp3) is 0.111. The molecule has 0 spiro atoms. The SMILES string of the molecule is Cc1c(S(=O)(=O)NCc2csc(-c3cccs3)n2)cnn1-c1ccccc1. The summed E-state index contributed by atoms with van der Waals surface area (Å²) in [5, 5.41) is 8.99. The van der Waals surface area contributed by atoms with Crippen LogP contribution in [0, 0.1) is 6.92 Å². The van der Waals surface area contributed by atoms with Gasteiger partial charge in [0, 0.05) is 5.38 Å². The Morgan fingerprint density at radius 2 is 1.93 bits per heavy atom. The van der Waals surface area contributed by atoms with Gasteiger partial charge in [0.15, 0.2) is 0 Å². The number of benzene rings is 1. The molecular formula is C18H16N4O2S3. The quantitative estimate of drug-likeness (QED) is 0.518. The van der Waals surface area contributed by atoms with E-state index < -0.39 is 10.0 Å². The third kappa shape index (κ3) is 3.72. The number of thiophene rings is 1. The Labute approximate surface area is 165 Å². The lowest BCUT2D eigenvalue weighted by Crippen LogP contribution is -2.24. The molecule has 0 saturated heterocycles. The monoisotopic (exact) mass is 416 g/mol. The first kappa shape index (κ1) is 18.1. The second-order valence-corrected chi connectivity index (χ2v) is 9.33. The number of aromatic nitrogens is 3. The summed E-state index contributed by atoms with van der Waals surface area (Å²) in [5.41, 5.74) is 2.07. The number of para-hydroxylation sites is 1. The topological polar surface area (TPSA) is 76.9 Å². The summed E-state index contributed by atoms with van der Waals surface area (Å²) in [7, 11) is -3.69. The molecule has 0 bridgehead atoms.